The molecule has 9 heteroatoms. The van der Waals surface area contributed by atoms with Gasteiger partial charge in [-0.25, -0.2) is 4.79 Å². The number of β-lactam (4-membered cyclic amide) rings is 1. The molecule has 0 aromatic heterocycles. The summed E-state index contributed by atoms with van der Waals surface area (Å²) in [7, 11) is 0. The minimum Gasteiger partial charge on any atom is -0.477 e. The molecule has 0 bridgehead atoms. The third kappa shape index (κ3) is 4.26. The van der Waals surface area contributed by atoms with Crippen LogP contribution >= 0.6 is 11.8 Å². The van der Waals surface area contributed by atoms with E-state index < -0.39 is 18.0 Å². The lowest BCUT2D eigenvalue weighted by Gasteiger charge is -2.46. The standard InChI is InChI=1S/C23H36N4O4S/c1-13-19-18(14(2)28)22(29)27(19)20(23(30)31)21(13)32-17-5-4-8-25(12-17)11-16-6-9-26(10-7-16)15(3)24/h13-14,16-19,28H,3-12,24H2,1-2H3,(H,30,31)/t13-,14-,17-,18-,19-/m1/s1. The second-order valence-corrected chi connectivity index (χ2v) is 11.2. The predicted molar refractivity (Wildman–Crippen MR) is 124 cm³/mol. The molecule has 3 fully saturated rings. The van der Waals surface area contributed by atoms with Gasteiger partial charge < -0.3 is 30.6 Å². The Kier molecular flexibility index (Phi) is 6.79. The molecule has 0 aromatic carbocycles. The van der Waals surface area contributed by atoms with Gasteiger partial charge in [-0.1, -0.05) is 13.5 Å². The van der Waals surface area contributed by atoms with Gasteiger partial charge in [0.05, 0.1) is 23.9 Å². The predicted octanol–water partition coefficient (Wildman–Crippen LogP) is 1.48. The minimum atomic E-state index is -1.04. The third-order valence-corrected chi connectivity index (χ3v) is 9.14. The first-order valence-corrected chi connectivity index (χ1v) is 12.6. The van der Waals surface area contributed by atoms with Gasteiger partial charge in [-0.15, -0.1) is 11.8 Å². The molecule has 0 unspecified atom stereocenters. The number of aliphatic carboxylic acids is 1. The molecule has 4 aliphatic heterocycles. The number of fused-ring (bicyclic) bond motifs is 1. The summed E-state index contributed by atoms with van der Waals surface area (Å²) in [5, 5.41) is 20.2. The number of nitrogens with two attached hydrogens (primary N) is 1. The quantitative estimate of drug-likeness (QED) is 0.486. The number of thioether (sulfide) groups is 1. The molecule has 4 rings (SSSR count). The molecule has 0 aromatic rings. The zero-order valence-corrected chi connectivity index (χ0v) is 19.9. The lowest BCUT2D eigenvalue weighted by molar-refractivity contribution is -0.163. The summed E-state index contributed by atoms with van der Waals surface area (Å²) in [6.45, 7) is 12.5. The number of rotatable bonds is 7. The summed E-state index contributed by atoms with van der Waals surface area (Å²) in [4.78, 5) is 31.5. The Balaban J connectivity index is 1.39. The van der Waals surface area contributed by atoms with Crippen LogP contribution in [-0.4, -0.2) is 86.9 Å². The lowest BCUT2D eigenvalue weighted by atomic mass is 9.79. The largest absolute Gasteiger partial charge is 0.477 e. The number of carbonyl (C=O) groups excluding carboxylic acids is 1. The fourth-order valence-electron chi connectivity index (χ4n) is 5.90. The van der Waals surface area contributed by atoms with Crippen LogP contribution in [0.15, 0.2) is 23.0 Å². The van der Waals surface area contributed by atoms with Crippen molar-refractivity contribution in [2.24, 2.45) is 23.5 Å². The number of carboxylic acids is 1. The number of aliphatic hydroxyl groups is 1. The van der Waals surface area contributed by atoms with Gasteiger partial charge in [-0.2, -0.15) is 0 Å². The smallest absolute Gasteiger partial charge is 0.353 e. The summed E-state index contributed by atoms with van der Waals surface area (Å²) < 4.78 is 0. The van der Waals surface area contributed by atoms with Crippen LogP contribution in [-0.2, 0) is 9.59 Å². The van der Waals surface area contributed by atoms with Crippen LogP contribution in [0.2, 0.25) is 0 Å². The van der Waals surface area contributed by atoms with Gasteiger partial charge in [0, 0.05) is 42.3 Å². The maximum Gasteiger partial charge on any atom is 0.353 e. The number of hydrogen-bond donors (Lipinski definition) is 3. The average molecular weight is 465 g/mol. The van der Waals surface area contributed by atoms with Crippen molar-refractivity contribution in [1.29, 1.82) is 0 Å². The second kappa shape index (κ2) is 9.27. The number of piperidine rings is 2. The molecule has 0 aliphatic carbocycles. The van der Waals surface area contributed by atoms with Crippen LogP contribution in [0.1, 0.15) is 39.5 Å². The van der Waals surface area contributed by atoms with E-state index in [4.69, 9.17) is 5.73 Å². The molecule has 5 atom stereocenters. The van der Waals surface area contributed by atoms with Gasteiger partial charge in [-0.3, -0.25) is 4.79 Å². The molecular weight excluding hydrogens is 428 g/mol. The van der Waals surface area contributed by atoms with Gasteiger partial charge in [0.2, 0.25) is 5.91 Å². The van der Waals surface area contributed by atoms with E-state index >= 15 is 0 Å². The number of likely N-dealkylation sites (tertiary alicyclic amines) is 2. The van der Waals surface area contributed by atoms with E-state index in [-0.39, 0.29) is 23.6 Å². The first-order chi connectivity index (χ1) is 15.2. The van der Waals surface area contributed by atoms with E-state index in [9.17, 15) is 19.8 Å². The molecule has 3 saturated heterocycles. The second-order valence-electron chi connectivity index (χ2n) is 9.84. The van der Waals surface area contributed by atoms with Gasteiger partial charge in [-0.05, 0) is 45.1 Å². The van der Waals surface area contributed by atoms with Crippen LogP contribution < -0.4 is 5.73 Å². The van der Waals surface area contributed by atoms with Gasteiger partial charge in [0.1, 0.15) is 5.70 Å². The van der Waals surface area contributed by atoms with Crippen LogP contribution in [0.3, 0.4) is 0 Å². The van der Waals surface area contributed by atoms with Gasteiger partial charge in [0.25, 0.3) is 0 Å². The van der Waals surface area contributed by atoms with Crippen LogP contribution in [0, 0.1) is 17.8 Å². The molecular formula is C23H36N4O4S. The molecule has 8 nitrogen and oxygen atoms in total. The summed E-state index contributed by atoms with van der Waals surface area (Å²) in [5.41, 5.74) is 5.97. The van der Waals surface area contributed by atoms with E-state index in [1.807, 2.05) is 6.92 Å². The average Bonchev–Trinajstić information content (AvgIpc) is 2.97. The molecule has 4 heterocycles. The van der Waals surface area contributed by atoms with E-state index in [0.29, 0.717) is 17.0 Å². The van der Waals surface area contributed by atoms with Crippen molar-refractivity contribution in [3.05, 3.63) is 23.0 Å². The topological polar surface area (TPSA) is 110 Å². The Morgan fingerprint density at radius 1 is 1.28 bits per heavy atom. The Hall–Kier alpha value is -1.71. The normalized spacial score (nSPS) is 32.7. The van der Waals surface area contributed by atoms with Crippen molar-refractivity contribution in [3.63, 3.8) is 0 Å². The van der Waals surface area contributed by atoms with E-state index in [1.165, 1.54) is 4.90 Å². The highest BCUT2D eigenvalue weighted by atomic mass is 32.2. The van der Waals surface area contributed by atoms with Gasteiger partial charge >= 0.3 is 5.97 Å². The van der Waals surface area contributed by atoms with Crippen molar-refractivity contribution < 1.29 is 19.8 Å². The van der Waals surface area contributed by atoms with Crippen LogP contribution in [0.25, 0.3) is 0 Å². The lowest BCUT2D eigenvalue weighted by Crippen LogP contribution is -2.63. The van der Waals surface area contributed by atoms with Crippen molar-refractivity contribution in [2.75, 3.05) is 32.7 Å². The van der Waals surface area contributed by atoms with Crippen LogP contribution in [0.4, 0.5) is 0 Å². The summed E-state index contributed by atoms with van der Waals surface area (Å²) in [6.07, 6.45) is 3.63. The van der Waals surface area contributed by atoms with Gasteiger partial charge in [0.15, 0.2) is 0 Å². The molecule has 0 saturated carbocycles. The fourth-order valence-corrected chi connectivity index (χ4v) is 7.48. The molecule has 178 valence electrons. The Labute approximate surface area is 194 Å². The molecule has 1 amide bonds. The Bertz CT molecular complexity index is 808. The molecule has 4 aliphatic rings. The zero-order chi connectivity index (χ0) is 23.2. The highest BCUT2D eigenvalue weighted by Gasteiger charge is 2.60. The molecule has 0 spiro atoms. The Morgan fingerprint density at radius 2 is 1.97 bits per heavy atom. The monoisotopic (exact) mass is 464 g/mol. The summed E-state index contributed by atoms with van der Waals surface area (Å²) in [6, 6.07) is -0.238. The maximum absolute atomic E-state index is 12.6. The zero-order valence-electron chi connectivity index (χ0n) is 19.1. The number of carbonyl (C=O) groups is 2. The van der Waals surface area contributed by atoms with Crippen molar-refractivity contribution in [2.45, 2.75) is 56.9 Å². The number of hydrogen-bond acceptors (Lipinski definition) is 7. The third-order valence-electron chi connectivity index (χ3n) is 7.60. The van der Waals surface area contributed by atoms with E-state index in [1.54, 1.807) is 18.7 Å². The fraction of sp³-hybridized carbons (Fsp3) is 0.739. The minimum absolute atomic E-state index is 0.0625. The Morgan fingerprint density at radius 3 is 2.56 bits per heavy atom. The highest BCUT2D eigenvalue weighted by Crippen LogP contribution is 2.51. The molecule has 32 heavy (non-hydrogen) atoms. The number of aliphatic hydroxyl groups excluding tert-OH is 1. The maximum atomic E-state index is 12.6. The van der Waals surface area contributed by atoms with Crippen molar-refractivity contribution >= 4 is 23.6 Å². The first kappa shape index (κ1) is 23.4. The first-order valence-electron chi connectivity index (χ1n) is 11.8. The van der Waals surface area contributed by atoms with E-state index in [2.05, 4.69) is 16.4 Å². The van der Waals surface area contributed by atoms with Crippen molar-refractivity contribution in [1.82, 2.24) is 14.7 Å². The summed E-state index contributed by atoms with van der Waals surface area (Å²) >= 11 is 1.65. The molecule has 0 radical (unpaired) electrons. The summed E-state index contributed by atoms with van der Waals surface area (Å²) in [5.74, 6) is -0.558. The number of nitrogens with zero attached hydrogens (tertiary/aromatic N) is 3. The van der Waals surface area contributed by atoms with Crippen LogP contribution in [0.5, 0.6) is 0 Å². The SMILES string of the molecule is C=C(N)N1CCC(CN2CCC[C@@H](SC3=C(C(=O)O)N4C(=O)[C@H]([C@@H](C)O)[C@H]4[C@H]3C)C2)CC1. The highest BCUT2D eigenvalue weighted by molar-refractivity contribution is 8.03. The molecule has 4 N–H and O–H groups in total. The number of amides is 1. The van der Waals surface area contributed by atoms with E-state index in [0.717, 1.165) is 63.3 Å². The van der Waals surface area contributed by atoms with Crippen molar-refractivity contribution in [3.8, 4) is 0 Å². The number of carboxylic acid groups (broad SMARTS) is 1.